The third kappa shape index (κ3) is 1.94. The van der Waals surface area contributed by atoms with Gasteiger partial charge in [0.05, 0.1) is 12.2 Å². The Kier molecular flexibility index (Phi) is 2.90. The van der Waals surface area contributed by atoms with Gasteiger partial charge in [0.15, 0.2) is 0 Å². The van der Waals surface area contributed by atoms with Gasteiger partial charge in [-0.05, 0) is 12.8 Å². The Labute approximate surface area is 69.3 Å². The molecule has 1 rings (SSSR count). The van der Waals surface area contributed by atoms with Gasteiger partial charge < -0.3 is 10.1 Å². The van der Waals surface area contributed by atoms with Crippen molar-refractivity contribution >= 4 is 0 Å². The van der Waals surface area contributed by atoms with Gasteiger partial charge in [0.25, 0.3) is 0 Å². The van der Waals surface area contributed by atoms with Gasteiger partial charge in [-0.15, -0.1) is 0 Å². The van der Waals surface area contributed by atoms with Crippen LogP contribution < -0.4 is 5.32 Å². The molecule has 11 heavy (non-hydrogen) atoms. The van der Waals surface area contributed by atoms with E-state index in [0.29, 0.717) is 5.92 Å². The monoisotopic (exact) mass is 157 g/mol. The summed E-state index contributed by atoms with van der Waals surface area (Å²) in [7, 11) is 0. The summed E-state index contributed by atoms with van der Waals surface area (Å²) < 4.78 is 5.76. The lowest BCUT2D eigenvalue weighted by Gasteiger charge is -2.39. The Morgan fingerprint density at radius 3 is 2.82 bits per heavy atom. The van der Waals surface area contributed by atoms with Crippen molar-refractivity contribution in [2.24, 2.45) is 5.92 Å². The van der Waals surface area contributed by atoms with Crippen molar-refractivity contribution in [3.8, 4) is 0 Å². The first kappa shape index (κ1) is 9.01. The van der Waals surface area contributed by atoms with Crippen molar-refractivity contribution in [1.82, 2.24) is 5.32 Å². The zero-order valence-electron chi connectivity index (χ0n) is 7.81. The van der Waals surface area contributed by atoms with Crippen LogP contribution in [0.25, 0.3) is 0 Å². The molecular weight excluding hydrogens is 138 g/mol. The Morgan fingerprint density at radius 1 is 1.64 bits per heavy atom. The minimum atomic E-state index is 0.0764. The van der Waals surface area contributed by atoms with E-state index >= 15 is 0 Å². The average molecular weight is 157 g/mol. The smallest absolute Gasteiger partial charge is 0.0804 e. The number of morpholine rings is 1. The van der Waals surface area contributed by atoms with Crippen molar-refractivity contribution in [2.45, 2.75) is 32.8 Å². The van der Waals surface area contributed by atoms with Crippen LogP contribution in [0.2, 0.25) is 0 Å². The molecule has 2 unspecified atom stereocenters. The second kappa shape index (κ2) is 3.55. The van der Waals surface area contributed by atoms with Gasteiger partial charge in [-0.3, -0.25) is 0 Å². The number of rotatable bonds is 2. The summed E-state index contributed by atoms with van der Waals surface area (Å²) in [6, 6.07) is 0. The van der Waals surface area contributed by atoms with Crippen molar-refractivity contribution < 1.29 is 4.74 Å². The summed E-state index contributed by atoms with van der Waals surface area (Å²) in [6.45, 7) is 9.54. The number of hydrogen-bond donors (Lipinski definition) is 1. The molecule has 0 amide bonds. The molecule has 0 radical (unpaired) electrons. The van der Waals surface area contributed by atoms with Gasteiger partial charge in [0, 0.05) is 13.1 Å². The first-order valence-electron chi connectivity index (χ1n) is 4.53. The van der Waals surface area contributed by atoms with Crippen molar-refractivity contribution in [2.75, 3.05) is 19.7 Å². The summed E-state index contributed by atoms with van der Waals surface area (Å²) >= 11 is 0. The maximum absolute atomic E-state index is 5.76. The molecule has 2 heteroatoms. The van der Waals surface area contributed by atoms with E-state index in [9.17, 15) is 0 Å². The molecule has 1 N–H and O–H groups in total. The van der Waals surface area contributed by atoms with Crippen LogP contribution >= 0.6 is 0 Å². The Hall–Kier alpha value is -0.0800. The topological polar surface area (TPSA) is 21.3 Å². The minimum Gasteiger partial charge on any atom is -0.372 e. The lowest BCUT2D eigenvalue weighted by atomic mass is 9.87. The highest BCUT2D eigenvalue weighted by Gasteiger charge is 2.32. The van der Waals surface area contributed by atoms with Crippen LogP contribution in [0.1, 0.15) is 27.2 Å². The van der Waals surface area contributed by atoms with E-state index in [1.165, 1.54) is 6.42 Å². The number of ether oxygens (including phenoxy) is 1. The van der Waals surface area contributed by atoms with E-state index in [2.05, 4.69) is 26.1 Å². The Bertz CT molecular complexity index is 119. The average Bonchev–Trinajstić information content (AvgIpc) is 2.04. The first-order chi connectivity index (χ1) is 5.19. The van der Waals surface area contributed by atoms with Crippen LogP contribution in [-0.2, 0) is 4.74 Å². The van der Waals surface area contributed by atoms with Gasteiger partial charge in [-0.25, -0.2) is 0 Å². The molecule has 0 aliphatic carbocycles. The molecule has 1 fully saturated rings. The van der Waals surface area contributed by atoms with Crippen LogP contribution in [0.5, 0.6) is 0 Å². The fraction of sp³-hybridized carbons (Fsp3) is 1.00. The van der Waals surface area contributed by atoms with Crippen LogP contribution in [0.3, 0.4) is 0 Å². The highest BCUT2D eigenvalue weighted by Crippen LogP contribution is 2.25. The van der Waals surface area contributed by atoms with E-state index in [1.807, 2.05) is 0 Å². The molecule has 2 nitrogen and oxygen atoms in total. The largest absolute Gasteiger partial charge is 0.372 e. The maximum Gasteiger partial charge on any atom is 0.0804 e. The van der Waals surface area contributed by atoms with Gasteiger partial charge >= 0.3 is 0 Å². The quantitative estimate of drug-likeness (QED) is 0.654. The zero-order chi connectivity index (χ0) is 8.32. The van der Waals surface area contributed by atoms with Crippen LogP contribution in [0.4, 0.5) is 0 Å². The van der Waals surface area contributed by atoms with E-state index in [1.54, 1.807) is 0 Å². The molecular formula is C9H19NO. The Balaban J connectivity index is 2.49. The van der Waals surface area contributed by atoms with E-state index < -0.39 is 0 Å². The molecule has 0 aromatic carbocycles. The van der Waals surface area contributed by atoms with E-state index in [0.717, 1.165) is 19.7 Å². The standard InChI is InChI=1S/C9H19NO/c1-4-8(2)9(3)7-10-5-6-11-9/h8,10H,4-7H2,1-3H3. The summed E-state index contributed by atoms with van der Waals surface area (Å²) in [6.07, 6.45) is 1.19. The molecule has 2 atom stereocenters. The molecule has 0 saturated carbocycles. The second-order valence-corrected chi connectivity index (χ2v) is 3.65. The molecule has 0 spiro atoms. The first-order valence-corrected chi connectivity index (χ1v) is 4.53. The summed E-state index contributed by atoms with van der Waals surface area (Å²) in [5.41, 5.74) is 0.0764. The molecule has 0 aromatic rings. The van der Waals surface area contributed by atoms with Gasteiger partial charge in [0.2, 0.25) is 0 Å². The summed E-state index contributed by atoms with van der Waals surface area (Å²) in [4.78, 5) is 0. The van der Waals surface area contributed by atoms with E-state index in [-0.39, 0.29) is 5.60 Å². The van der Waals surface area contributed by atoms with Crippen LogP contribution in [0, 0.1) is 5.92 Å². The Morgan fingerprint density at radius 2 is 2.36 bits per heavy atom. The number of nitrogens with one attached hydrogen (secondary N) is 1. The predicted octanol–water partition coefficient (Wildman–Crippen LogP) is 1.41. The van der Waals surface area contributed by atoms with Crippen LogP contribution in [-0.4, -0.2) is 25.3 Å². The minimum absolute atomic E-state index is 0.0764. The highest BCUT2D eigenvalue weighted by molar-refractivity contribution is 4.85. The molecule has 1 heterocycles. The van der Waals surface area contributed by atoms with Gasteiger partial charge in [-0.2, -0.15) is 0 Å². The van der Waals surface area contributed by atoms with E-state index in [4.69, 9.17) is 4.74 Å². The normalized spacial score (nSPS) is 35.2. The highest BCUT2D eigenvalue weighted by atomic mass is 16.5. The van der Waals surface area contributed by atoms with Crippen LogP contribution in [0.15, 0.2) is 0 Å². The zero-order valence-corrected chi connectivity index (χ0v) is 7.81. The third-order valence-corrected chi connectivity index (χ3v) is 2.84. The van der Waals surface area contributed by atoms with Gasteiger partial charge in [0.1, 0.15) is 0 Å². The summed E-state index contributed by atoms with van der Waals surface area (Å²) in [5, 5.41) is 3.37. The predicted molar refractivity (Wildman–Crippen MR) is 46.7 cm³/mol. The maximum atomic E-state index is 5.76. The molecule has 1 saturated heterocycles. The van der Waals surface area contributed by atoms with Crippen molar-refractivity contribution in [3.05, 3.63) is 0 Å². The lowest BCUT2D eigenvalue weighted by Crippen LogP contribution is -2.51. The molecule has 0 aromatic heterocycles. The molecule has 66 valence electrons. The number of hydrogen-bond acceptors (Lipinski definition) is 2. The SMILES string of the molecule is CCC(C)C1(C)CNCCO1. The van der Waals surface area contributed by atoms with Gasteiger partial charge in [-0.1, -0.05) is 20.3 Å². The molecule has 1 aliphatic rings. The molecule has 0 bridgehead atoms. The van der Waals surface area contributed by atoms with Crippen molar-refractivity contribution in [1.29, 1.82) is 0 Å². The fourth-order valence-electron chi connectivity index (χ4n) is 1.49. The van der Waals surface area contributed by atoms with Crippen molar-refractivity contribution in [3.63, 3.8) is 0 Å². The third-order valence-electron chi connectivity index (χ3n) is 2.84. The molecule has 1 aliphatic heterocycles. The fourth-order valence-corrected chi connectivity index (χ4v) is 1.49. The second-order valence-electron chi connectivity index (χ2n) is 3.65. The summed E-state index contributed by atoms with van der Waals surface area (Å²) in [5.74, 6) is 0.648. The lowest BCUT2D eigenvalue weighted by molar-refractivity contribution is -0.0877.